The second kappa shape index (κ2) is 9.48. The van der Waals surface area contributed by atoms with Gasteiger partial charge in [-0.2, -0.15) is 0 Å². The normalized spacial score (nSPS) is 14.0. The van der Waals surface area contributed by atoms with Crippen LogP contribution in [0.15, 0.2) is 147 Å². The lowest BCUT2D eigenvalue weighted by Crippen LogP contribution is -2.13. The highest BCUT2D eigenvalue weighted by Crippen LogP contribution is 2.56. The Morgan fingerprint density at radius 3 is 1.88 bits per heavy atom. The fourth-order valence-corrected chi connectivity index (χ4v) is 8.18. The smallest absolute Gasteiger partial charge is 0.141 e. The van der Waals surface area contributed by atoms with Crippen LogP contribution < -0.4 is 14.8 Å². The molecule has 42 heavy (non-hydrogen) atoms. The topological polar surface area (TPSA) is 30.5 Å². The van der Waals surface area contributed by atoms with Gasteiger partial charge in [-0.05, 0) is 65.7 Å². The Bertz CT molecular complexity index is 2010. The summed E-state index contributed by atoms with van der Waals surface area (Å²) in [5.74, 6) is 3.53. The molecule has 0 unspecified atom stereocenters. The number of para-hydroxylation sites is 5. The molecular weight excluding hydrogens is 555 g/mol. The van der Waals surface area contributed by atoms with Gasteiger partial charge in [-0.1, -0.05) is 96.3 Å². The maximum Gasteiger partial charge on any atom is 0.141 e. The Morgan fingerprint density at radius 2 is 1.07 bits per heavy atom. The highest BCUT2D eigenvalue weighted by molar-refractivity contribution is 8.00. The number of ether oxygens (including phenoxy) is 2. The van der Waals surface area contributed by atoms with Crippen LogP contribution in [0.2, 0.25) is 0 Å². The Balaban J connectivity index is 1.31. The van der Waals surface area contributed by atoms with E-state index in [0.717, 1.165) is 55.3 Å². The molecule has 6 aromatic carbocycles. The SMILES string of the molecule is c1ccc2c(c1)Nc1c(cccc1-c1cc3c(cc1C1c4ccccc4Oc4ccccc41)Oc1ccccc1S3)S2. The van der Waals surface area contributed by atoms with Crippen molar-refractivity contribution in [3.8, 4) is 34.1 Å². The van der Waals surface area contributed by atoms with E-state index >= 15 is 0 Å². The Labute approximate surface area is 252 Å². The molecule has 3 aliphatic rings. The third-order valence-corrected chi connectivity index (χ3v) is 10.3. The first-order valence-corrected chi connectivity index (χ1v) is 15.6. The van der Waals surface area contributed by atoms with Gasteiger partial charge in [0.15, 0.2) is 0 Å². The number of benzene rings is 6. The summed E-state index contributed by atoms with van der Waals surface area (Å²) >= 11 is 3.59. The number of nitrogens with one attached hydrogen (secondary N) is 1. The predicted octanol–water partition coefficient (Wildman–Crippen LogP) is 11.1. The minimum absolute atomic E-state index is 0.0309. The zero-order chi connectivity index (χ0) is 27.6. The Morgan fingerprint density at radius 1 is 0.452 bits per heavy atom. The van der Waals surface area contributed by atoms with E-state index in [4.69, 9.17) is 9.47 Å². The molecule has 9 rings (SSSR count). The Hall–Kier alpha value is -4.58. The van der Waals surface area contributed by atoms with Crippen LogP contribution in [0, 0.1) is 0 Å². The van der Waals surface area contributed by atoms with Crippen molar-refractivity contribution in [1.82, 2.24) is 0 Å². The molecule has 0 bridgehead atoms. The van der Waals surface area contributed by atoms with E-state index in [1.165, 1.54) is 26.5 Å². The van der Waals surface area contributed by atoms with Gasteiger partial charge in [-0.25, -0.2) is 0 Å². The quantitative estimate of drug-likeness (QED) is 0.221. The predicted molar refractivity (Wildman–Crippen MR) is 170 cm³/mol. The molecule has 0 aliphatic carbocycles. The van der Waals surface area contributed by atoms with Crippen molar-refractivity contribution >= 4 is 34.9 Å². The number of fused-ring (bicyclic) bond motifs is 6. The van der Waals surface area contributed by atoms with Crippen molar-refractivity contribution in [1.29, 1.82) is 0 Å². The van der Waals surface area contributed by atoms with Crippen molar-refractivity contribution < 1.29 is 9.47 Å². The molecule has 6 aromatic rings. The average molecular weight is 578 g/mol. The van der Waals surface area contributed by atoms with Crippen molar-refractivity contribution in [2.45, 2.75) is 25.5 Å². The highest BCUT2D eigenvalue weighted by atomic mass is 32.2. The highest BCUT2D eigenvalue weighted by Gasteiger charge is 2.33. The van der Waals surface area contributed by atoms with Crippen molar-refractivity contribution in [2.24, 2.45) is 0 Å². The molecule has 0 amide bonds. The van der Waals surface area contributed by atoms with Gasteiger partial charge in [0.1, 0.15) is 23.0 Å². The monoisotopic (exact) mass is 577 g/mol. The number of hydrogen-bond donors (Lipinski definition) is 1. The summed E-state index contributed by atoms with van der Waals surface area (Å²) in [4.78, 5) is 4.70. The minimum atomic E-state index is -0.0309. The van der Waals surface area contributed by atoms with E-state index in [2.05, 4.69) is 108 Å². The first-order valence-electron chi connectivity index (χ1n) is 14.0. The van der Waals surface area contributed by atoms with E-state index in [1.54, 1.807) is 11.8 Å². The molecule has 0 spiro atoms. The molecule has 0 fully saturated rings. The van der Waals surface area contributed by atoms with Crippen LogP contribution in [0.25, 0.3) is 11.1 Å². The van der Waals surface area contributed by atoms with Gasteiger partial charge >= 0.3 is 0 Å². The first kappa shape index (κ1) is 24.1. The van der Waals surface area contributed by atoms with Gasteiger partial charge in [0.2, 0.25) is 0 Å². The van der Waals surface area contributed by atoms with Crippen LogP contribution in [-0.4, -0.2) is 0 Å². The summed E-state index contributed by atoms with van der Waals surface area (Å²) in [7, 11) is 0. The zero-order valence-corrected chi connectivity index (χ0v) is 24.0. The molecule has 0 aromatic heterocycles. The van der Waals surface area contributed by atoms with E-state index in [1.807, 2.05) is 36.0 Å². The molecule has 0 radical (unpaired) electrons. The lowest BCUT2D eigenvalue weighted by atomic mass is 9.79. The van der Waals surface area contributed by atoms with Crippen LogP contribution >= 0.6 is 23.5 Å². The minimum Gasteiger partial charge on any atom is -0.457 e. The van der Waals surface area contributed by atoms with E-state index in [9.17, 15) is 0 Å². The third kappa shape index (κ3) is 3.78. The lowest BCUT2D eigenvalue weighted by molar-refractivity contribution is 0.448. The average Bonchev–Trinajstić information content (AvgIpc) is 3.04. The maximum absolute atomic E-state index is 6.56. The lowest BCUT2D eigenvalue weighted by Gasteiger charge is -2.32. The van der Waals surface area contributed by atoms with Crippen LogP contribution in [-0.2, 0) is 0 Å². The third-order valence-electron chi connectivity index (χ3n) is 8.08. The number of rotatable bonds is 2. The molecule has 200 valence electrons. The first-order chi connectivity index (χ1) is 20.8. The molecule has 0 atom stereocenters. The van der Waals surface area contributed by atoms with Crippen LogP contribution in [0.1, 0.15) is 22.6 Å². The zero-order valence-electron chi connectivity index (χ0n) is 22.3. The molecular formula is C37H23NO2S2. The maximum atomic E-state index is 6.56. The van der Waals surface area contributed by atoms with Gasteiger partial charge in [-0.15, -0.1) is 0 Å². The molecule has 5 heteroatoms. The second-order valence-corrected chi connectivity index (χ2v) is 12.7. The number of hydrogen-bond acceptors (Lipinski definition) is 5. The summed E-state index contributed by atoms with van der Waals surface area (Å²) in [6, 6.07) is 44.8. The Kier molecular flexibility index (Phi) is 5.43. The van der Waals surface area contributed by atoms with Gasteiger partial charge in [-0.3, -0.25) is 0 Å². The van der Waals surface area contributed by atoms with Crippen molar-refractivity contribution in [2.75, 3.05) is 5.32 Å². The molecule has 3 nitrogen and oxygen atoms in total. The van der Waals surface area contributed by atoms with Gasteiger partial charge in [0, 0.05) is 32.4 Å². The van der Waals surface area contributed by atoms with Crippen LogP contribution in [0.5, 0.6) is 23.0 Å². The largest absolute Gasteiger partial charge is 0.457 e. The van der Waals surface area contributed by atoms with E-state index in [0.29, 0.717) is 0 Å². The molecule has 1 N–H and O–H groups in total. The second-order valence-electron chi connectivity index (χ2n) is 10.5. The summed E-state index contributed by atoms with van der Waals surface area (Å²) in [5.41, 5.74) is 8.13. The molecule has 0 saturated heterocycles. The van der Waals surface area contributed by atoms with Crippen molar-refractivity contribution in [3.05, 3.63) is 144 Å². The molecule has 0 saturated carbocycles. The number of anilines is 2. The fourth-order valence-electron chi connectivity index (χ4n) is 6.19. The van der Waals surface area contributed by atoms with Gasteiger partial charge in [0.05, 0.1) is 21.2 Å². The van der Waals surface area contributed by atoms with Gasteiger partial charge < -0.3 is 14.8 Å². The van der Waals surface area contributed by atoms with Crippen LogP contribution in [0.3, 0.4) is 0 Å². The summed E-state index contributed by atoms with van der Waals surface area (Å²) in [6.07, 6.45) is 0. The molecule has 3 aliphatic heterocycles. The van der Waals surface area contributed by atoms with E-state index in [-0.39, 0.29) is 5.92 Å². The standard InChI is InChI=1S/C37H23NO2S2/c1-4-14-28-23(10-1)36(24-11-2-5-15-29(24)39-28)26-20-31-35(42-33-18-8-6-16-30(33)40-31)21-25(26)22-12-9-19-34-37(22)38-27-13-3-7-17-32(27)41-34/h1-21,36,38H. The van der Waals surface area contributed by atoms with Crippen LogP contribution in [0.4, 0.5) is 11.4 Å². The van der Waals surface area contributed by atoms with Crippen molar-refractivity contribution in [3.63, 3.8) is 0 Å². The fraction of sp³-hybridized carbons (Fsp3) is 0.0270. The summed E-state index contributed by atoms with van der Waals surface area (Å²) < 4.78 is 13.0. The molecule has 3 heterocycles. The van der Waals surface area contributed by atoms with Gasteiger partial charge in [0.25, 0.3) is 0 Å². The van der Waals surface area contributed by atoms with E-state index < -0.39 is 0 Å². The summed E-state index contributed by atoms with van der Waals surface area (Å²) in [6.45, 7) is 0. The summed E-state index contributed by atoms with van der Waals surface area (Å²) in [5, 5.41) is 3.79.